The Kier molecular flexibility index (Phi) is 4.11. The Labute approximate surface area is 132 Å². The van der Waals surface area contributed by atoms with E-state index in [1.165, 1.54) is 17.2 Å². The molecule has 10 heteroatoms. The van der Waals surface area contributed by atoms with E-state index in [0.29, 0.717) is 0 Å². The van der Waals surface area contributed by atoms with Gasteiger partial charge in [-0.2, -0.15) is 0 Å². The van der Waals surface area contributed by atoms with Crippen LogP contribution in [0.15, 0.2) is 12.3 Å². The van der Waals surface area contributed by atoms with Crippen molar-refractivity contribution in [3.8, 4) is 0 Å². The van der Waals surface area contributed by atoms with E-state index in [1.807, 2.05) is 0 Å². The molecule has 2 aliphatic rings. The molecule has 23 heavy (non-hydrogen) atoms. The predicted octanol–water partition coefficient (Wildman–Crippen LogP) is -0.261. The number of ether oxygens (including phenoxy) is 1. The molecule has 0 radical (unpaired) electrons. The monoisotopic (exact) mass is 344 g/mol. The fraction of sp³-hybridized carbons (Fsp3) is 0.538. The van der Waals surface area contributed by atoms with Crippen LogP contribution < -0.4 is 15.5 Å². The smallest absolute Gasteiger partial charge is 0.414 e. The van der Waals surface area contributed by atoms with Crippen molar-refractivity contribution in [1.29, 1.82) is 0 Å². The van der Waals surface area contributed by atoms with Gasteiger partial charge in [0.1, 0.15) is 6.10 Å². The number of rotatable bonds is 3. The van der Waals surface area contributed by atoms with Gasteiger partial charge < -0.3 is 15.4 Å². The van der Waals surface area contributed by atoms with Crippen LogP contribution in [0.25, 0.3) is 0 Å². The molecule has 3 heterocycles. The Morgan fingerprint density at radius 1 is 1.39 bits per heavy atom. The van der Waals surface area contributed by atoms with Crippen molar-refractivity contribution in [2.45, 2.75) is 6.10 Å². The molecule has 2 aliphatic heterocycles. The number of hydrogen-bond donors (Lipinski definition) is 1. The molecular weight excluding hydrogens is 327 g/mol. The predicted molar refractivity (Wildman–Crippen MR) is 81.7 cm³/mol. The maximum Gasteiger partial charge on any atom is 0.414 e. The summed E-state index contributed by atoms with van der Waals surface area (Å²) in [6.45, 7) is 0.843. The first-order chi connectivity index (χ1) is 10.9. The highest BCUT2D eigenvalue weighted by atomic mass is 32.2. The van der Waals surface area contributed by atoms with E-state index >= 15 is 0 Å². The van der Waals surface area contributed by atoms with Gasteiger partial charge in [0.2, 0.25) is 0 Å². The minimum absolute atomic E-state index is 0.0213. The number of cyclic esters (lactones) is 1. The Morgan fingerprint density at radius 3 is 2.65 bits per heavy atom. The fourth-order valence-corrected chi connectivity index (χ4v) is 3.78. The van der Waals surface area contributed by atoms with E-state index in [1.54, 1.807) is 4.90 Å². The van der Waals surface area contributed by atoms with E-state index in [4.69, 9.17) is 10.5 Å². The highest BCUT2D eigenvalue weighted by Gasteiger charge is 2.32. The molecule has 0 aromatic carbocycles. The molecule has 0 bridgehead atoms. The molecule has 2 fully saturated rings. The van der Waals surface area contributed by atoms with Crippen LogP contribution in [-0.4, -0.2) is 63.3 Å². The van der Waals surface area contributed by atoms with Crippen LogP contribution in [0, 0.1) is 5.82 Å². The molecule has 0 saturated carbocycles. The average molecular weight is 344 g/mol. The molecule has 1 amide bonds. The first-order valence-corrected chi connectivity index (χ1v) is 9.01. The maximum atomic E-state index is 14.3. The van der Waals surface area contributed by atoms with Crippen molar-refractivity contribution in [2.24, 2.45) is 5.73 Å². The van der Waals surface area contributed by atoms with Gasteiger partial charge in [-0.1, -0.05) is 0 Å². The number of aromatic nitrogens is 1. The summed E-state index contributed by atoms with van der Waals surface area (Å²) < 4.78 is 42.2. The summed E-state index contributed by atoms with van der Waals surface area (Å²) in [5, 5.41) is 0. The summed E-state index contributed by atoms with van der Waals surface area (Å²) in [4.78, 5) is 18.7. The number of carbonyl (C=O) groups excluding carboxylic acids is 1. The normalized spacial score (nSPS) is 23.9. The second-order valence-electron chi connectivity index (χ2n) is 5.49. The van der Waals surface area contributed by atoms with Crippen LogP contribution in [0.3, 0.4) is 0 Å². The van der Waals surface area contributed by atoms with Crippen LogP contribution in [0.5, 0.6) is 0 Å². The average Bonchev–Trinajstić information content (AvgIpc) is 2.89. The van der Waals surface area contributed by atoms with Crippen molar-refractivity contribution in [2.75, 3.05) is 47.5 Å². The number of anilines is 2. The van der Waals surface area contributed by atoms with Crippen molar-refractivity contribution >= 4 is 27.4 Å². The number of nitrogens with two attached hydrogens (primary N) is 1. The molecule has 2 saturated heterocycles. The lowest BCUT2D eigenvalue weighted by Gasteiger charge is -2.28. The molecule has 0 aliphatic carbocycles. The summed E-state index contributed by atoms with van der Waals surface area (Å²) in [5.74, 6) is -0.559. The van der Waals surface area contributed by atoms with Gasteiger partial charge in [-0.05, 0) is 0 Å². The molecule has 1 unspecified atom stereocenters. The number of pyridine rings is 1. The highest BCUT2D eigenvalue weighted by molar-refractivity contribution is 7.91. The fourth-order valence-electron chi connectivity index (χ4n) is 2.58. The largest absolute Gasteiger partial charge is 0.443 e. The standard InChI is InChI=1S/C13H17FN4O4S/c14-11-5-9(18-8-10(6-15)22-13(18)19)7-16-12(11)17-1-3-23(20,21)4-2-17/h5,7,10H,1-4,6,8,15H2. The molecule has 8 nitrogen and oxygen atoms in total. The van der Waals surface area contributed by atoms with E-state index in [9.17, 15) is 17.6 Å². The zero-order chi connectivity index (χ0) is 16.6. The van der Waals surface area contributed by atoms with Gasteiger partial charge >= 0.3 is 6.09 Å². The van der Waals surface area contributed by atoms with E-state index in [-0.39, 0.29) is 49.2 Å². The van der Waals surface area contributed by atoms with Gasteiger partial charge in [0.25, 0.3) is 0 Å². The second kappa shape index (κ2) is 5.93. The maximum absolute atomic E-state index is 14.3. The van der Waals surface area contributed by atoms with Gasteiger partial charge in [0, 0.05) is 25.7 Å². The molecule has 1 aromatic heterocycles. The van der Waals surface area contributed by atoms with Gasteiger partial charge in [0.15, 0.2) is 21.5 Å². The lowest BCUT2D eigenvalue weighted by molar-refractivity contribution is 0.145. The topological polar surface area (TPSA) is 106 Å². The Hall–Kier alpha value is -1.94. The van der Waals surface area contributed by atoms with Crippen LogP contribution in [0.4, 0.5) is 20.7 Å². The summed E-state index contributed by atoms with van der Waals surface area (Å²) in [6, 6.07) is 1.20. The van der Waals surface area contributed by atoms with Crippen LogP contribution in [-0.2, 0) is 14.6 Å². The minimum Gasteiger partial charge on any atom is -0.443 e. The number of carbonyl (C=O) groups is 1. The molecule has 1 atom stereocenters. The highest BCUT2D eigenvalue weighted by Crippen LogP contribution is 2.26. The number of sulfone groups is 1. The molecule has 126 valence electrons. The van der Waals surface area contributed by atoms with Gasteiger partial charge in [-0.25, -0.2) is 22.6 Å². The SMILES string of the molecule is NCC1CN(c2cnc(N3CCS(=O)(=O)CC3)c(F)c2)C(=O)O1. The first kappa shape index (κ1) is 15.9. The van der Waals surface area contributed by atoms with Gasteiger partial charge in [-0.3, -0.25) is 4.90 Å². The second-order valence-corrected chi connectivity index (χ2v) is 7.79. The van der Waals surface area contributed by atoms with Gasteiger partial charge in [0.05, 0.1) is 29.9 Å². The van der Waals surface area contributed by atoms with Crippen molar-refractivity contribution in [3.05, 3.63) is 18.1 Å². The third kappa shape index (κ3) is 3.22. The van der Waals surface area contributed by atoms with Crippen LogP contribution in [0.1, 0.15) is 0 Å². The van der Waals surface area contributed by atoms with Crippen molar-refractivity contribution in [3.63, 3.8) is 0 Å². The quantitative estimate of drug-likeness (QED) is 0.805. The molecule has 2 N–H and O–H groups in total. The first-order valence-electron chi connectivity index (χ1n) is 7.19. The van der Waals surface area contributed by atoms with E-state index < -0.39 is 27.9 Å². The third-order valence-corrected chi connectivity index (χ3v) is 5.51. The lowest BCUT2D eigenvalue weighted by atomic mass is 10.3. The Bertz CT molecular complexity index is 713. The number of halogens is 1. The van der Waals surface area contributed by atoms with Crippen LogP contribution >= 0.6 is 0 Å². The van der Waals surface area contributed by atoms with Crippen molar-refractivity contribution < 1.29 is 22.3 Å². The number of nitrogens with zero attached hydrogens (tertiary/aromatic N) is 3. The molecule has 1 aromatic rings. The zero-order valence-electron chi connectivity index (χ0n) is 12.3. The number of hydrogen-bond acceptors (Lipinski definition) is 7. The van der Waals surface area contributed by atoms with Crippen LogP contribution in [0.2, 0.25) is 0 Å². The van der Waals surface area contributed by atoms with Crippen molar-refractivity contribution in [1.82, 2.24) is 4.98 Å². The molecule has 3 rings (SSSR count). The minimum atomic E-state index is -3.05. The molecule has 0 spiro atoms. The Balaban J connectivity index is 1.78. The summed E-state index contributed by atoms with van der Waals surface area (Å²) in [5.41, 5.74) is 5.75. The van der Waals surface area contributed by atoms with E-state index in [0.717, 1.165) is 0 Å². The lowest BCUT2D eigenvalue weighted by Crippen LogP contribution is -2.41. The van der Waals surface area contributed by atoms with E-state index in [2.05, 4.69) is 4.98 Å². The molecular formula is C13H17FN4O4S. The zero-order valence-corrected chi connectivity index (χ0v) is 13.1. The summed E-state index contributed by atoms with van der Waals surface area (Å²) >= 11 is 0. The number of amides is 1. The third-order valence-electron chi connectivity index (χ3n) is 3.90. The summed E-state index contributed by atoms with van der Waals surface area (Å²) in [7, 11) is -3.05. The summed E-state index contributed by atoms with van der Waals surface area (Å²) in [6.07, 6.45) is 0.373. The van der Waals surface area contributed by atoms with Gasteiger partial charge in [-0.15, -0.1) is 0 Å². The Morgan fingerprint density at radius 2 is 2.09 bits per heavy atom.